The van der Waals surface area contributed by atoms with Crippen LogP contribution in [0.4, 0.5) is 0 Å². The molecule has 0 amide bonds. The number of aliphatic hydroxyl groups is 1. The summed E-state index contributed by atoms with van der Waals surface area (Å²) in [6.07, 6.45) is 9.41. The number of aliphatic hydroxyl groups excluding tert-OH is 1. The van der Waals surface area contributed by atoms with Crippen LogP contribution < -0.4 is 5.32 Å². The first-order chi connectivity index (χ1) is 7.97. The van der Waals surface area contributed by atoms with Crippen LogP contribution in [0.2, 0.25) is 0 Å². The smallest absolute Gasteiger partial charge is 0.0443 e. The standard InChI is InChI=1S/C15H27NO/c1-13-6-12-7-14(2,9-13)11-15(8-12,10-13)16-4-3-5-17/h12,16-17H,3-11H2,1-2H3/t12?,13-,14+,15?. The summed E-state index contributed by atoms with van der Waals surface area (Å²) in [6.45, 7) is 6.34. The van der Waals surface area contributed by atoms with Crippen molar-refractivity contribution in [2.75, 3.05) is 13.2 Å². The van der Waals surface area contributed by atoms with Crippen LogP contribution in [0.1, 0.15) is 58.8 Å². The number of nitrogens with one attached hydrogen (secondary N) is 1. The Morgan fingerprint density at radius 2 is 1.71 bits per heavy atom. The van der Waals surface area contributed by atoms with Gasteiger partial charge >= 0.3 is 0 Å². The molecule has 0 saturated heterocycles. The molecule has 4 aliphatic rings. The first kappa shape index (κ1) is 12.0. The van der Waals surface area contributed by atoms with Crippen LogP contribution in [-0.4, -0.2) is 23.8 Å². The SMILES string of the molecule is C[C@]12CC3CC(NCCCO)(C1)C[C@@](C)(C3)C2. The van der Waals surface area contributed by atoms with Crippen LogP contribution in [-0.2, 0) is 0 Å². The lowest BCUT2D eigenvalue weighted by atomic mass is 9.43. The fourth-order valence-electron chi connectivity index (χ4n) is 6.08. The molecule has 0 heterocycles. The molecular weight excluding hydrogens is 210 g/mol. The molecule has 4 saturated carbocycles. The average molecular weight is 237 g/mol. The monoisotopic (exact) mass is 237 g/mol. The summed E-state index contributed by atoms with van der Waals surface area (Å²) in [7, 11) is 0. The maximum atomic E-state index is 8.94. The molecule has 0 spiro atoms. The molecule has 0 radical (unpaired) electrons. The third-order valence-corrected chi connectivity index (χ3v) is 5.46. The second-order valence-corrected chi connectivity index (χ2v) is 7.91. The van der Waals surface area contributed by atoms with Crippen LogP contribution in [0.15, 0.2) is 0 Å². The fourth-order valence-corrected chi connectivity index (χ4v) is 6.08. The Morgan fingerprint density at radius 1 is 1.06 bits per heavy atom. The summed E-state index contributed by atoms with van der Waals surface area (Å²) in [5.41, 5.74) is 1.61. The lowest BCUT2D eigenvalue weighted by molar-refractivity contribution is -0.117. The Labute approximate surface area is 105 Å². The highest BCUT2D eigenvalue weighted by Crippen LogP contribution is 2.66. The van der Waals surface area contributed by atoms with Crippen molar-refractivity contribution < 1.29 is 5.11 Å². The molecule has 4 fully saturated rings. The molecule has 0 aliphatic heterocycles. The predicted octanol–water partition coefficient (Wildman–Crippen LogP) is 2.71. The van der Waals surface area contributed by atoms with E-state index in [2.05, 4.69) is 19.2 Å². The minimum Gasteiger partial charge on any atom is -0.396 e. The van der Waals surface area contributed by atoms with Crippen molar-refractivity contribution in [3.63, 3.8) is 0 Å². The van der Waals surface area contributed by atoms with Crippen molar-refractivity contribution in [3.05, 3.63) is 0 Å². The van der Waals surface area contributed by atoms with Gasteiger partial charge in [-0.2, -0.15) is 0 Å². The lowest BCUT2D eigenvalue weighted by Crippen LogP contribution is -2.64. The maximum Gasteiger partial charge on any atom is 0.0443 e. The van der Waals surface area contributed by atoms with Crippen LogP contribution in [0.3, 0.4) is 0 Å². The van der Waals surface area contributed by atoms with Gasteiger partial charge in [0.15, 0.2) is 0 Å². The Balaban J connectivity index is 1.77. The van der Waals surface area contributed by atoms with Crippen LogP contribution in [0, 0.1) is 16.7 Å². The van der Waals surface area contributed by atoms with E-state index < -0.39 is 0 Å². The minimum atomic E-state index is 0.320. The molecular formula is C15H27NO. The van der Waals surface area contributed by atoms with E-state index in [0.29, 0.717) is 23.0 Å². The van der Waals surface area contributed by atoms with Gasteiger partial charge in [0.2, 0.25) is 0 Å². The number of hydrogen-bond donors (Lipinski definition) is 2. The number of hydrogen-bond acceptors (Lipinski definition) is 2. The largest absolute Gasteiger partial charge is 0.396 e. The first-order valence-corrected chi connectivity index (χ1v) is 7.33. The molecule has 2 heteroatoms. The van der Waals surface area contributed by atoms with E-state index in [0.717, 1.165) is 18.9 Å². The summed E-state index contributed by atoms with van der Waals surface area (Å²) in [6, 6.07) is 0. The molecule has 2 nitrogen and oxygen atoms in total. The van der Waals surface area contributed by atoms with Gasteiger partial charge in [-0.15, -0.1) is 0 Å². The fraction of sp³-hybridized carbons (Fsp3) is 1.00. The van der Waals surface area contributed by atoms with Crippen LogP contribution in [0.25, 0.3) is 0 Å². The molecule has 0 aromatic rings. The third-order valence-electron chi connectivity index (χ3n) is 5.46. The summed E-state index contributed by atoms with van der Waals surface area (Å²) in [5.74, 6) is 0.961. The van der Waals surface area contributed by atoms with E-state index in [9.17, 15) is 0 Å². The van der Waals surface area contributed by atoms with Crippen LogP contribution >= 0.6 is 0 Å². The van der Waals surface area contributed by atoms with Gasteiger partial charge in [0, 0.05) is 12.1 Å². The maximum absolute atomic E-state index is 8.94. The Hall–Kier alpha value is -0.0800. The summed E-state index contributed by atoms with van der Waals surface area (Å²) in [5, 5.41) is 12.8. The first-order valence-electron chi connectivity index (χ1n) is 7.33. The van der Waals surface area contributed by atoms with E-state index in [-0.39, 0.29) is 0 Å². The van der Waals surface area contributed by atoms with E-state index in [1.165, 1.54) is 38.5 Å². The molecule has 4 rings (SSSR count). The highest BCUT2D eigenvalue weighted by Gasteiger charge is 2.59. The molecule has 4 atom stereocenters. The van der Waals surface area contributed by atoms with Gasteiger partial charge in [-0.1, -0.05) is 13.8 Å². The Bertz CT molecular complexity index is 296. The quantitative estimate of drug-likeness (QED) is 0.737. The van der Waals surface area contributed by atoms with Gasteiger partial charge in [0.1, 0.15) is 0 Å². The molecule has 17 heavy (non-hydrogen) atoms. The Morgan fingerprint density at radius 3 is 2.24 bits per heavy atom. The van der Waals surface area contributed by atoms with Gasteiger partial charge < -0.3 is 10.4 Å². The summed E-state index contributed by atoms with van der Waals surface area (Å²) < 4.78 is 0. The molecule has 0 aromatic heterocycles. The second-order valence-electron chi connectivity index (χ2n) is 7.91. The number of rotatable bonds is 4. The van der Waals surface area contributed by atoms with Gasteiger partial charge in [0.05, 0.1) is 0 Å². The van der Waals surface area contributed by atoms with Crippen molar-refractivity contribution in [2.24, 2.45) is 16.7 Å². The lowest BCUT2D eigenvalue weighted by Gasteiger charge is -2.65. The van der Waals surface area contributed by atoms with Gasteiger partial charge in [-0.3, -0.25) is 0 Å². The van der Waals surface area contributed by atoms with Crippen LogP contribution in [0.5, 0.6) is 0 Å². The zero-order valence-corrected chi connectivity index (χ0v) is 11.4. The van der Waals surface area contributed by atoms with Crippen molar-refractivity contribution in [2.45, 2.75) is 64.3 Å². The average Bonchev–Trinajstić information content (AvgIpc) is 2.11. The van der Waals surface area contributed by atoms with Gasteiger partial charge in [-0.05, 0) is 68.2 Å². The molecule has 4 aliphatic carbocycles. The molecule has 2 unspecified atom stereocenters. The normalized spacial score (nSPS) is 52.1. The highest BCUT2D eigenvalue weighted by molar-refractivity contribution is 5.14. The summed E-state index contributed by atoms with van der Waals surface area (Å²) in [4.78, 5) is 0. The van der Waals surface area contributed by atoms with E-state index in [4.69, 9.17) is 5.11 Å². The van der Waals surface area contributed by atoms with Crippen molar-refractivity contribution >= 4 is 0 Å². The second kappa shape index (κ2) is 3.71. The molecule has 4 bridgehead atoms. The van der Waals surface area contributed by atoms with Crippen molar-refractivity contribution in [1.29, 1.82) is 0 Å². The molecule has 98 valence electrons. The topological polar surface area (TPSA) is 32.3 Å². The molecule has 2 N–H and O–H groups in total. The highest BCUT2D eigenvalue weighted by atomic mass is 16.3. The van der Waals surface area contributed by atoms with E-state index in [1.807, 2.05) is 0 Å². The van der Waals surface area contributed by atoms with E-state index in [1.54, 1.807) is 0 Å². The Kier molecular flexibility index (Phi) is 2.61. The van der Waals surface area contributed by atoms with Gasteiger partial charge in [-0.25, -0.2) is 0 Å². The summed E-state index contributed by atoms with van der Waals surface area (Å²) >= 11 is 0. The zero-order chi connectivity index (χ0) is 12.1. The molecule has 0 aromatic carbocycles. The van der Waals surface area contributed by atoms with Crippen molar-refractivity contribution in [1.82, 2.24) is 5.32 Å². The van der Waals surface area contributed by atoms with E-state index >= 15 is 0 Å². The zero-order valence-electron chi connectivity index (χ0n) is 11.4. The predicted molar refractivity (Wildman–Crippen MR) is 69.8 cm³/mol. The third kappa shape index (κ3) is 2.04. The van der Waals surface area contributed by atoms with Gasteiger partial charge in [0.25, 0.3) is 0 Å². The van der Waals surface area contributed by atoms with Crippen molar-refractivity contribution in [3.8, 4) is 0 Å². The minimum absolute atomic E-state index is 0.320.